The molecule has 3 aromatic rings. The van der Waals surface area contributed by atoms with Gasteiger partial charge in [-0.2, -0.15) is 0 Å². The lowest BCUT2D eigenvalue weighted by atomic mass is 10.0. The fourth-order valence-electron chi connectivity index (χ4n) is 3.54. The molecule has 3 aromatic carbocycles. The van der Waals surface area contributed by atoms with E-state index in [0.717, 1.165) is 22.0 Å². The van der Waals surface area contributed by atoms with Gasteiger partial charge in [-0.15, -0.1) is 0 Å². The van der Waals surface area contributed by atoms with Gasteiger partial charge in [-0.1, -0.05) is 83.0 Å². The summed E-state index contributed by atoms with van der Waals surface area (Å²) >= 11 is 9.53. The zero-order valence-corrected chi connectivity index (χ0v) is 21.4. The number of carbonyl (C=O) groups is 2. The van der Waals surface area contributed by atoms with Gasteiger partial charge in [-0.25, -0.2) is 0 Å². The Balaban J connectivity index is 1.89. The van der Waals surface area contributed by atoms with Gasteiger partial charge in [0.2, 0.25) is 5.91 Å². The van der Waals surface area contributed by atoms with Gasteiger partial charge in [-0.05, 0) is 47.9 Å². The van der Waals surface area contributed by atoms with E-state index in [0.29, 0.717) is 23.7 Å². The minimum absolute atomic E-state index is 0.184. The van der Waals surface area contributed by atoms with Crippen molar-refractivity contribution in [3.8, 4) is 5.75 Å². The molecule has 7 heteroatoms. The Morgan fingerprint density at radius 3 is 2.44 bits per heavy atom. The molecule has 0 aliphatic heterocycles. The molecular formula is C27H28BrClN2O3. The highest BCUT2D eigenvalue weighted by Gasteiger charge is 2.30. The van der Waals surface area contributed by atoms with Gasteiger partial charge in [0.05, 0.1) is 0 Å². The van der Waals surface area contributed by atoms with Crippen molar-refractivity contribution in [2.24, 2.45) is 0 Å². The molecule has 178 valence electrons. The summed E-state index contributed by atoms with van der Waals surface area (Å²) in [4.78, 5) is 28.3. The summed E-state index contributed by atoms with van der Waals surface area (Å²) < 4.78 is 6.64. The van der Waals surface area contributed by atoms with Crippen LogP contribution < -0.4 is 10.1 Å². The number of ether oxygens (including phenoxy) is 1. The molecule has 0 fully saturated rings. The van der Waals surface area contributed by atoms with E-state index in [-0.39, 0.29) is 25.0 Å². The van der Waals surface area contributed by atoms with Gasteiger partial charge in [-0.3, -0.25) is 9.59 Å². The molecule has 5 nitrogen and oxygen atoms in total. The second-order valence-corrected chi connectivity index (χ2v) is 9.25. The Morgan fingerprint density at radius 2 is 1.74 bits per heavy atom. The third-order valence-corrected chi connectivity index (χ3v) is 5.95. The average molecular weight is 544 g/mol. The first-order chi connectivity index (χ1) is 16.5. The minimum atomic E-state index is -0.691. The topological polar surface area (TPSA) is 58.6 Å². The second kappa shape index (κ2) is 13.2. The number of hydrogen-bond acceptors (Lipinski definition) is 3. The SMILES string of the molecule is CCCNC(=O)C(Cc1ccccc1)N(Cc1cccc(Br)c1)C(=O)COc1cccc(Cl)c1. The van der Waals surface area contributed by atoms with Crippen molar-refractivity contribution >= 4 is 39.3 Å². The maximum absolute atomic E-state index is 13.5. The maximum Gasteiger partial charge on any atom is 0.261 e. The number of benzene rings is 3. The number of rotatable bonds is 11. The molecule has 0 radical (unpaired) electrons. The molecule has 2 amide bonds. The first-order valence-corrected chi connectivity index (χ1v) is 12.4. The highest BCUT2D eigenvalue weighted by Crippen LogP contribution is 2.20. The lowest BCUT2D eigenvalue weighted by molar-refractivity contribution is -0.142. The number of nitrogens with zero attached hydrogens (tertiary/aromatic N) is 1. The molecule has 0 aromatic heterocycles. The van der Waals surface area contributed by atoms with E-state index in [1.54, 1.807) is 29.2 Å². The van der Waals surface area contributed by atoms with E-state index in [1.807, 2.05) is 61.5 Å². The number of carbonyl (C=O) groups excluding carboxylic acids is 2. The van der Waals surface area contributed by atoms with Crippen LogP contribution in [0.3, 0.4) is 0 Å². The molecule has 34 heavy (non-hydrogen) atoms. The van der Waals surface area contributed by atoms with Crippen LogP contribution in [0.5, 0.6) is 5.75 Å². The molecule has 0 saturated carbocycles. The van der Waals surface area contributed by atoms with Crippen LogP contribution in [0, 0.1) is 0 Å². The van der Waals surface area contributed by atoms with Crippen LogP contribution in [0.1, 0.15) is 24.5 Å². The molecule has 0 saturated heterocycles. The van der Waals surface area contributed by atoms with E-state index in [9.17, 15) is 9.59 Å². The van der Waals surface area contributed by atoms with E-state index >= 15 is 0 Å². The van der Waals surface area contributed by atoms with Crippen LogP contribution in [0.2, 0.25) is 5.02 Å². The van der Waals surface area contributed by atoms with Gasteiger partial charge in [0.25, 0.3) is 5.91 Å². The Hall–Kier alpha value is -2.83. The highest BCUT2D eigenvalue weighted by molar-refractivity contribution is 9.10. The second-order valence-electron chi connectivity index (χ2n) is 7.89. The normalized spacial score (nSPS) is 11.5. The van der Waals surface area contributed by atoms with E-state index in [4.69, 9.17) is 16.3 Å². The van der Waals surface area contributed by atoms with Gasteiger partial charge in [0.1, 0.15) is 11.8 Å². The summed E-state index contributed by atoms with van der Waals surface area (Å²) in [6, 6.07) is 23.6. The molecule has 0 aliphatic carbocycles. The predicted molar refractivity (Wildman–Crippen MR) is 139 cm³/mol. The van der Waals surface area contributed by atoms with E-state index in [2.05, 4.69) is 21.2 Å². The van der Waals surface area contributed by atoms with Crippen molar-refractivity contribution in [3.05, 3.63) is 99.5 Å². The first-order valence-electron chi connectivity index (χ1n) is 11.2. The van der Waals surface area contributed by atoms with Crippen molar-refractivity contribution in [3.63, 3.8) is 0 Å². The molecule has 1 unspecified atom stereocenters. The number of amides is 2. The van der Waals surface area contributed by atoms with E-state index in [1.165, 1.54) is 0 Å². The molecular weight excluding hydrogens is 516 g/mol. The number of halogens is 2. The lowest BCUT2D eigenvalue weighted by Crippen LogP contribution is -2.51. The van der Waals surface area contributed by atoms with Crippen molar-refractivity contribution in [2.45, 2.75) is 32.4 Å². The summed E-state index contributed by atoms with van der Waals surface area (Å²) in [6.07, 6.45) is 1.20. The Labute approximate surface area is 214 Å². The van der Waals surface area contributed by atoms with Crippen molar-refractivity contribution in [1.82, 2.24) is 10.2 Å². The van der Waals surface area contributed by atoms with Crippen molar-refractivity contribution < 1.29 is 14.3 Å². The Morgan fingerprint density at radius 1 is 1.00 bits per heavy atom. The Kier molecular flexibility index (Phi) is 9.98. The molecule has 0 heterocycles. The largest absolute Gasteiger partial charge is 0.484 e. The number of hydrogen-bond donors (Lipinski definition) is 1. The summed E-state index contributed by atoms with van der Waals surface area (Å²) in [5.41, 5.74) is 1.88. The summed E-state index contributed by atoms with van der Waals surface area (Å²) in [5, 5.41) is 3.49. The lowest BCUT2D eigenvalue weighted by Gasteiger charge is -2.31. The maximum atomic E-state index is 13.5. The Bertz CT molecular complexity index is 1090. The van der Waals surface area contributed by atoms with Crippen LogP contribution in [-0.4, -0.2) is 35.9 Å². The summed E-state index contributed by atoms with van der Waals surface area (Å²) in [5.74, 6) is 0.0302. The standard InChI is InChI=1S/C27H28BrClN2O3/c1-2-14-30-27(33)25(16-20-8-4-3-5-9-20)31(18-21-10-6-11-22(28)15-21)26(32)19-34-24-13-7-12-23(29)17-24/h3-13,15,17,25H,2,14,16,18-19H2,1H3,(H,30,33). The minimum Gasteiger partial charge on any atom is -0.484 e. The first kappa shape index (κ1) is 25.8. The van der Waals surface area contributed by atoms with Gasteiger partial charge >= 0.3 is 0 Å². The molecule has 0 aliphatic rings. The van der Waals surface area contributed by atoms with Crippen molar-refractivity contribution in [1.29, 1.82) is 0 Å². The third-order valence-electron chi connectivity index (χ3n) is 5.22. The quantitative estimate of drug-likeness (QED) is 0.340. The van der Waals surface area contributed by atoms with Crippen LogP contribution in [0.4, 0.5) is 0 Å². The van der Waals surface area contributed by atoms with E-state index < -0.39 is 6.04 Å². The average Bonchev–Trinajstić information content (AvgIpc) is 2.84. The third kappa shape index (κ3) is 7.89. The van der Waals surface area contributed by atoms with Gasteiger partial charge < -0.3 is 15.0 Å². The summed E-state index contributed by atoms with van der Waals surface area (Å²) in [6.45, 7) is 2.60. The predicted octanol–water partition coefficient (Wildman–Crippen LogP) is 5.65. The van der Waals surface area contributed by atoms with Crippen LogP contribution in [-0.2, 0) is 22.6 Å². The van der Waals surface area contributed by atoms with Crippen molar-refractivity contribution in [2.75, 3.05) is 13.2 Å². The zero-order valence-electron chi connectivity index (χ0n) is 19.0. The molecule has 0 bridgehead atoms. The smallest absolute Gasteiger partial charge is 0.261 e. The highest BCUT2D eigenvalue weighted by atomic mass is 79.9. The molecule has 3 rings (SSSR count). The molecule has 1 N–H and O–H groups in total. The number of nitrogens with one attached hydrogen (secondary N) is 1. The van der Waals surface area contributed by atoms with Gasteiger partial charge in [0.15, 0.2) is 6.61 Å². The van der Waals surface area contributed by atoms with Crippen LogP contribution in [0.25, 0.3) is 0 Å². The fourth-order valence-corrected chi connectivity index (χ4v) is 4.16. The summed E-state index contributed by atoms with van der Waals surface area (Å²) in [7, 11) is 0. The molecule has 1 atom stereocenters. The van der Waals surface area contributed by atoms with Crippen LogP contribution in [0.15, 0.2) is 83.3 Å². The fraction of sp³-hybridized carbons (Fsp3) is 0.259. The molecule has 0 spiro atoms. The van der Waals surface area contributed by atoms with Crippen LogP contribution >= 0.6 is 27.5 Å². The zero-order chi connectivity index (χ0) is 24.3. The monoisotopic (exact) mass is 542 g/mol. The van der Waals surface area contributed by atoms with Gasteiger partial charge in [0, 0.05) is 29.0 Å².